The maximum Gasteiger partial charge on any atom is 0.460 e. The number of hydrogen-bond donors (Lipinski definition) is 2. The molecule has 4 nitrogen and oxygen atoms in total. The molecule has 0 aliphatic heterocycles. The fraction of sp³-hybridized carbons (Fsp3) is 0.500. The van der Waals surface area contributed by atoms with Gasteiger partial charge in [-0.1, -0.05) is 0 Å². The molecule has 37 heavy (non-hydrogen) atoms. The Balaban J connectivity index is 3.68. The van der Waals surface area contributed by atoms with Gasteiger partial charge in [0, 0.05) is 11.8 Å². The van der Waals surface area contributed by atoms with Crippen LogP contribution in [0.5, 0.6) is 11.5 Å². The van der Waals surface area contributed by atoms with Crippen molar-refractivity contribution in [2.75, 3.05) is 18.6 Å². The smallest absolute Gasteiger partial charge is 0.460 e. The third-order valence-electron chi connectivity index (χ3n) is 4.29. The topological polar surface area (TPSA) is 70.5 Å². The molecule has 0 unspecified atom stereocenters. The van der Waals surface area contributed by atoms with E-state index in [4.69, 9.17) is 11.5 Å². The van der Waals surface area contributed by atoms with Crippen molar-refractivity contribution >= 4 is 11.4 Å². The van der Waals surface area contributed by atoms with Gasteiger partial charge in [-0.3, -0.25) is 0 Å². The highest BCUT2D eigenvalue weighted by atomic mass is 19.4. The summed E-state index contributed by atoms with van der Waals surface area (Å²) in [5.41, 5.74) is 9.29. The van der Waals surface area contributed by atoms with E-state index in [0.717, 1.165) is 13.2 Å². The fourth-order valence-corrected chi connectivity index (χ4v) is 2.31. The van der Waals surface area contributed by atoms with Crippen LogP contribution in [0.15, 0.2) is 24.0 Å². The predicted octanol–water partition coefficient (Wildman–Crippen LogP) is 6.72. The van der Waals surface area contributed by atoms with Gasteiger partial charge >= 0.3 is 47.7 Å². The number of anilines is 2. The number of benzene rings is 1. The van der Waals surface area contributed by atoms with E-state index in [9.17, 15) is 74.6 Å². The zero-order valence-corrected chi connectivity index (χ0v) is 17.1. The van der Waals surface area contributed by atoms with Crippen LogP contribution in [0.3, 0.4) is 0 Å². The van der Waals surface area contributed by atoms with Gasteiger partial charge in [-0.15, -0.1) is 0 Å². The quantitative estimate of drug-likeness (QED) is 0.192. The maximum absolute atomic E-state index is 13.8. The van der Waals surface area contributed by atoms with Crippen LogP contribution in [0, 0.1) is 0 Å². The lowest BCUT2D eigenvalue weighted by Crippen LogP contribution is -2.72. The van der Waals surface area contributed by atoms with E-state index in [1.54, 1.807) is 0 Å². The number of nitrogens with two attached hydrogens (primary N) is 2. The average molecular weight is 584 g/mol. The molecule has 0 radical (unpaired) electrons. The molecule has 0 bridgehead atoms. The van der Waals surface area contributed by atoms with Crippen molar-refractivity contribution in [2.45, 2.75) is 41.7 Å². The first-order valence-corrected chi connectivity index (χ1v) is 8.47. The summed E-state index contributed by atoms with van der Waals surface area (Å²) in [6, 6.07) is -2.47. The Morgan fingerprint density at radius 3 is 1.46 bits per heavy atom. The number of ether oxygens (including phenoxy) is 2. The van der Waals surface area contributed by atoms with Crippen molar-refractivity contribution in [1.29, 1.82) is 0 Å². The molecule has 1 aromatic carbocycles. The molecule has 0 aliphatic carbocycles. The molecule has 214 valence electrons. The molecule has 0 aliphatic rings. The average Bonchev–Trinajstić information content (AvgIpc) is 2.71. The van der Waals surface area contributed by atoms with Crippen LogP contribution in [-0.4, -0.2) is 48.8 Å². The molecular weight excluding hydrogens is 575 g/mol. The van der Waals surface area contributed by atoms with Crippen molar-refractivity contribution in [3.05, 3.63) is 24.0 Å². The molecule has 0 saturated carbocycles. The summed E-state index contributed by atoms with van der Waals surface area (Å²) >= 11 is 0. The zero-order chi connectivity index (χ0) is 29.8. The largest absolute Gasteiger partial charge is 0.491 e. The Labute approximate surface area is 192 Å². The van der Waals surface area contributed by atoms with Crippen LogP contribution >= 0.6 is 0 Å². The molecule has 1 rings (SSSR count). The number of allylic oxidation sites excluding steroid dienone is 1. The second-order valence-corrected chi connectivity index (χ2v) is 6.78. The van der Waals surface area contributed by atoms with Crippen molar-refractivity contribution in [3.63, 3.8) is 0 Å². The maximum atomic E-state index is 13.8. The molecule has 0 fully saturated rings. The van der Waals surface area contributed by atoms with Crippen molar-refractivity contribution < 1.29 is 84.1 Å². The number of halogens is 17. The highest BCUT2D eigenvalue weighted by Crippen LogP contribution is 2.63. The van der Waals surface area contributed by atoms with Crippen LogP contribution in [0.1, 0.15) is 0 Å². The molecule has 4 N–H and O–H groups in total. The molecule has 0 atom stereocenters. The van der Waals surface area contributed by atoms with Crippen molar-refractivity contribution in [2.24, 2.45) is 0 Å². The van der Waals surface area contributed by atoms with Crippen molar-refractivity contribution in [3.8, 4) is 11.5 Å². The Kier molecular flexibility index (Phi) is 7.84. The van der Waals surface area contributed by atoms with E-state index in [-0.39, 0.29) is 0 Å². The van der Waals surface area contributed by atoms with Crippen molar-refractivity contribution in [1.82, 2.24) is 0 Å². The Bertz CT molecular complexity index is 1050. The fourth-order valence-electron chi connectivity index (χ4n) is 2.31. The summed E-state index contributed by atoms with van der Waals surface area (Å²) in [7, 11) is 0.717. The monoisotopic (exact) mass is 584 g/mol. The third-order valence-corrected chi connectivity index (χ3v) is 4.29. The molecule has 1 aromatic rings. The summed E-state index contributed by atoms with van der Waals surface area (Å²) in [5.74, 6) is -56.8. The Morgan fingerprint density at radius 1 is 0.649 bits per heavy atom. The van der Waals surface area contributed by atoms with E-state index < -0.39 is 76.4 Å². The normalized spacial score (nSPS) is 15.4. The number of rotatable bonds is 9. The summed E-state index contributed by atoms with van der Waals surface area (Å²) < 4.78 is 233. The van der Waals surface area contributed by atoms with Gasteiger partial charge in [0.2, 0.25) is 5.83 Å². The lowest BCUT2D eigenvalue weighted by molar-refractivity contribution is -0.451. The molecule has 0 amide bonds. The van der Waals surface area contributed by atoms with Gasteiger partial charge in [0.15, 0.2) is 11.5 Å². The molecule has 0 saturated heterocycles. The molecule has 0 heterocycles. The van der Waals surface area contributed by atoms with E-state index >= 15 is 0 Å². The molecule has 0 aromatic heterocycles. The molecule has 0 spiro atoms. The van der Waals surface area contributed by atoms with E-state index in [2.05, 4.69) is 9.47 Å². The highest BCUT2D eigenvalue weighted by Gasteiger charge is 2.93. The minimum atomic E-state index is -8.67. The van der Waals surface area contributed by atoms with Crippen LogP contribution in [-0.2, 0) is 0 Å². The summed E-state index contributed by atoms with van der Waals surface area (Å²) in [6.45, 7) is 0. The van der Waals surface area contributed by atoms with Gasteiger partial charge in [0.05, 0.1) is 12.8 Å². The van der Waals surface area contributed by atoms with Gasteiger partial charge in [0.1, 0.15) is 0 Å². The Morgan fingerprint density at radius 2 is 1.05 bits per heavy atom. The van der Waals surface area contributed by atoms with E-state index in [0.29, 0.717) is 6.07 Å². The van der Waals surface area contributed by atoms with Crippen LogP contribution < -0.4 is 20.9 Å². The van der Waals surface area contributed by atoms with Gasteiger partial charge in [-0.05, 0) is 6.07 Å². The Hall–Kier alpha value is -3.03. The van der Waals surface area contributed by atoms with Gasteiger partial charge in [-0.2, -0.15) is 74.6 Å². The number of methoxy groups -OCH3 is 1. The lowest BCUT2D eigenvalue weighted by atomic mass is 9.91. The first kappa shape index (κ1) is 32.0. The number of hydrogen-bond acceptors (Lipinski definition) is 4. The summed E-state index contributed by atoms with van der Waals surface area (Å²) in [4.78, 5) is 0. The molecular formula is C16H9F17N2O2. The second-order valence-electron chi connectivity index (χ2n) is 6.78. The predicted molar refractivity (Wildman–Crippen MR) is 87.4 cm³/mol. The highest BCUT2D eigenvalue weighted by molar-refractivity contribution is 5.67. The van der Waals surface area contributed by atoms with Gasteiger partial charge in [0.25, 0.3) is 0 Å². The minimum absolute atomic E-state index is 0.376. The third kappa shape index (κ3) is 4.59. The van der Waals surface area contributed by atoms with Gasteiger partial charge in [-0.25, -0.2) is 0 Å². The van der Waals surface area contributed by atoms with E-state index in [1.165, 1.54) is 0 Å². The first-order chi connectivity index (χ1) is 16.2. The lowest BCUT2D eigenvalue weighted by Gasteiger charge is -2.41. The first-order valence-electron chi connectivity index (χ1n) is 8.47. The van der Waals surface area contributed by atoms with Gasteiger partial charge < -0.3 is 20.9 Å². The standard InChI is InChI=1S/C16H9F17N2O2/c1-36-7-5(35)2-4(34)3-6(7)37-9(18)8(17)10(19,20)11(21,22)12(23,24)13(25,26)14(27,28)15(29,30)16(31,32)33/h2-3H,34-35H2,1H3. The second kappa shape index (κ2) is 9.07. The summed E-state index contributed by atoms with van der Waals surface area (Å²) in [6.07, 6.45) is -7.81. The van der Waals surface area contributed by atoms with Crippen LogP contribution in [0.4, 0.5) is 86.0 Å². The number of alkyl halides is 15. The SMILES string of the molecule is COc1c(N)cc(N)cc1OC(F)=C(F)C(F)(F)C(F)(F)C(F)(F)C(F)(F)C(F)(F)C(F)(F)C(F)(F)F. The molecule has 21 heteroatoms. The summed E-state index contributed by atoms with van der Waals surface area (Å²) in [5, 5.41) is 0. The zero-order valence-electron chi connectivity index (χ0n) is 17.1. The van der Waals surface area contributed by atoms with E-state index in [1.807, 2.05) is 0 Å². The van der Waals surface area contributed by atoms with Crippen LogP contribution in [0.25, 0.3) is 0 Å². The van der Waals surface area contributed by atoms with Crippen LogP contribution in [0.2, 0.25) is 0 Å². The minimum Gasteiger partial charge on any atom is -0.491 e. The number of nitrogen functional groups attached to an aromatic ring is 2.